The monoisotopic (exact) mass is 769 g/mol. The van der Waals surface area contributed by atoms with Gasteiger partial charge in [0.15, 0.2) is 0 Å². The predicted octanol–water partition coefficient (Wildman–Crippen LogP) is 3.38. The molecule has 3 aromatic heterocycles. The number of rotatable bonds is 28. The molecule has 0 aliphatic heterocycles. The molecular weight excluding hydrogens is 714 g/mol. The fourth-order valence-corrected chi connectivity index (χ4v) is 5.19. The highest BCUT2D eigenvalue weighted by molar-refractivity contribution is 5.91. The zero-order chi connectivity index (χ0) is 39.1. The summed E-state index contributed by atoms with van der Waals surface area (Å²) in [6, 6.07) is 7.54. The molecule has 55 heavy (non-hydrogen) atoms. The lowest BCUT2D eigenvalue weighted by atomic mass is 9.92. The van der Waals surface area contributed by atoms with Gasteiger partial charge in [-0.3, -0.25) is 4.98 Å². The van der Waals surface area contributed by atoms with Crippen LogP contribution in [0.25, 0.3) is 11.1 Å². The number of aromatic nitrogens is 7. The molecule has 0 saturated heterocycles. The molecule has 0 atom stereocenters. The molecule has 0 aliphatic rings. The van der Waals surface area contributed by atoms with Gasteiger partial charge in [-0.15, -0.1) is 10.2 Å². The molecule has 0 N–H and O–H groups in total. The van der Waals surface area contributed by atoms with Gasteiger partial charge in [-0.1, -0.05) is 10.4 Å². The molecular formula is C38H55N7O10. The summed E-state index contributed by atoms with van der Waals surface area (Å²) in [6.07, 6.45) is 7.12. The van der Waals surface area contributed by atoms with Crippen LogP contribution < -0.4 is 0 Å². The third-order valence-electron chi connectivity index (χ3n) is 7.59. The van der Waals surface area contributed by atoms with E-state index in [0.717, 1.165) is 22.3 Å². The maximum absolute atomic E-state index is 13.5. The number of ether oxygens (including phenoxy) is 9. The lowest BCUT2D eigenvalue weighted by Crippen LogP contribution is -2.24. The van der Waals surface area contributed by atoms with Crippen molar-refractivity contribution in [1.29, 1.82) is 0 Å². The summed E-state index contributed by atoms with van der Waals surface area (Å²) in [4.78, 5) is 17.7. The van der Waals surface area contributed by atoms with Gasteiger partial charge in [0.1, 0.15) is 17.0 Å². The van der Waals surface area contributed by atoms with Crippen molar-refractivity contribution < 1.29 is 47.4 Å². The minimum absolute atomic E-state index is 0.268. The molecule has 4 rings (SSSR count). The fourth-order valence-electron chi connectivity index (χ4n) is 5.19. The summed E-state index contributed by atoms with van der Waals surface area (Å²) in [5, 5.41) is 17.4. The summed E-state index contributed by atoms with van der Waals surface area (Å²) >= 11 is 0. The zero-order valence-electron chi connectivity index (χ0n) is 32.6. The average molecular weight is 770 g/mol. The normalized spacial score (nSPS) is 11.7. The predicted molar refractivity (Wildman–Crippen MR) is 199 cm³/mol. The molecule has 3 heterocycles. The van der Waals surface area contributed by atoms with Gasteiger partial charge in [-0.25, -0.2) is 14.2 Å². The summed E-state index contributed by atoms with van der Waals surface area (Å²) in [5.41, 5.74) is 4.51. The van der Waals surface area contributed by atoms with E-state index in [1.165, 1.54) is 0 Å². The van der Waals surface area contributed by atoms with Crippen LogP contribution >= 0.6 is 0 Å². The first-order valence-electron chi connectivity index (χ1n) is 18.3. The highest BCUT2D eigenvalue weighted by Crippen LogP contribution is 2.31. The number of methoxy groups -OCH3 is 2. The zero-order valence-corrected chi connectivity index (χ0v) is 32.6. The van der Waals surface area contributed by atoms with E-state index in [1.54, 1.807) is 36.0 Å². The van der Waals surface area contributed by atoms with Crippen molar-refractivity contribution in [2.24, 2.45) is 0 Å². The number of esters is 1. The quantitative estimate of drug-likeness (QED) is 0.0607. The van der Waals surface area contributed by atoms with Crippen LogP contribution in [0.3, 0.4) is 0 Å². The molecule has 302 valence electrons. The van der Waals surface area contributed by atoms with E-state index in [9.17, 15) is 4.79 Å². The van der Waals surface area contributed by atoms with Crippen LogP contribution in [0.5, 0.6) is 0 Å². The Kier molecular flexibility index (Phi) is 19.3. The molecule has 0 bridgehead atoms. The van der Waals surface area contributed by atoms with Gasteiger partial charge in [-0.05, 0) is 67.3 Å². The molecule has 0 unspecified atom stereocenters. The standard InChI is InChI=1S/C38H55N7O10/c1-38(2,3)55-37(46)31-22-32(24-44-26-34(40-42-44)28-53-20-18-51-16-14-49-12-10-47-4)36(30-6-8-39-9-7-30)33(23-31)25-45-27-35(41-43-45)29-54-21-19-52-17-15-50-13-11-48-5/h6-9,22-23,26-27H,10-21,24-25,28-29H2,1-5H3. The van der Waals surface area contributed by atoms with Crippen molar-refractivity contribution in [3.05, 3.63) is 77.1 Å². The number of carbonyl (C=O) groups is 1. The number of pyridine rings is 1. The molecule has 0 radical (unpaired) electrons. The van der Waals surface area contributed by atoms with Crippen LogP contribution in [0.4, 0.5) is 0 Å². The molecule has 1 aromatic carbocycles. The summed E-state index contributed by atoms with van der Waals surface area (Å²) < 4.78 is 52.5. The third kappa shape index (κ3) is 16.6. The van der Waals surface area contributed by atoms with Crippen LogP contribution in [-0.4, -0.2) is 140 Å². The number of hydrogen-bond acceptors (Lipinski definition) is 15. The largest absolute Gasteiger partial charge is 0.456 e. The fraction of sp³-hybridized carbons (Fsp3) is 0.579. The van der Waals surface area contributed by atoms with E-state index < -0.39 is 11.6 Å². The Hall–Kier alpha value is -4.20. The Bertz CT molecular complexity index is 1580. The van der Waals surface area contributed by atoms with Gasteiger partial charge in [0.05, 0.1) is 124 Å². The molecule has 4 aromatic rings. The van der Waals surface area contributed by atoms with Crippen molar-refractivity contribution >= 4 is 5.97 Å². The van der Waals surface area contributed by atoms with E-state index in [4.69, 9.17) is 42.6 Å². The molecule has 0 amide bonds. The minimum Gasteiger partial charge on any atom is -0.456 e. The Morgan fingerprint density at radius 2 is 1.04 bits per heavy atom. The van der Waals surface area contributed by atoms with E-state index in [2.05, 4.69) is 25.6 Å². The van der Waals surface area contributed by atoms with Crippen molar-refractivity contribution in [3.8, 4) is 11.1 Å². The topological polar surface area (TPSA) is 174 Å². The number of nitrogens with zero attached hydrogens (tertiary/aromatic N) is 7. The third-order valence-corrected chi connectivity index (χ3v) is 7.59. The molecule has 0 saturated carbocycles. The highest BCUT2D eigenvalue weighted by Gasteiger charge is 2.22. The average Bonchev–Trinajstić information content (AvgIpc) is 3.81. The van der Waals surface area contributed by atoms with Gasteiger partial charge in [0, 0.05) is 26.6 Å². The van der Waals surface area contributed by atoms with Crippen molar-refractivity contribution in [1.82, 2.24) is 35.0 Å². The Labute approximate surface area is 322 Å². The van der Waals surface area contributed by atoms with Crippen molar-refractivity contribution in [3.63, 3.8) is 0 Å². The molecule has 17 nitrogen and oxygen atoms in total. The lowest BCUT2D eigenvalue weighted by molar-refractivity contribution is 0.000456. The number of benzene rings is 1. The Morgan fingerprint density at radius 1 is 0.618 bits per heavy atom. The van der Waals surface area contributed by atoms with Gasteiger partial charge in [0.2, 0.25) is 0 Å². The summed E-state index contributed by atoms with van der Waals surface area (Å²) in [5.74, 6) is -0.441. The van der Waals surface area contributed by atoms with Gasteiger partial charge in [-0.2, -0.15) is 0 Å². The first kappa shape index (κ1) is 43.5. The van der Waals surface area contributed by atoms with E-state index in [0.29, 0.717) is 109 Å². The van der Waals surface area contributed by atoms with E-state index in [-0.39, 0.29) is 13.2 Å². The maximum atomic E-state index is 13.5. The molecule has 0 aliphatic carbocycles. The second-order valence-corrected chi connectivity index (χ2v) is 13.3. The Morgan fingerprint density at radius 3 is 1.45 bits per heavy atom. The SMILES string of the molecule is COCCOCCOCCOCc1cn(Cc2cc(C(=O)OC(C)(C)C)cc(Cn3cc(COCCOCCOCCOC)nn3)c2-c2ccncc2)nn1. The smallest absolute Gasteiger partial charge is 0.338 e. The van der Waals surface area contributed by atoms with E-state index >= 15 is 0 Å². The number of hydrogen-bond donors (Lipinski definition) is 0. The van der Waals surface area contributed by atoms with Crippen LogP contribution in [0.15, 0.2) is 49.1 Å². The lowest BCUT2D eigenvalue weighted by Gasteiger charge is -2.21. The second kappa shape index (κ2) is 24.3. The Balaban J connectivity index is 1.44. The van der Waals surface area contributed by atoms with Crippen LogP contribution in [0.1, 0.15) is 53.6 Å². The second-order valence-electron chi connectivity index (χ2n) is 13.3. The van der Waals surface area contributed by atoms with Gasteiger partial charge in [0.25, 0.3) is 0 Å². The molecule has 0 fully saturated rings. The molecule has 0 spiro atoms. The summed E-state index contributed by atoms with van der Waals surface area (Å²) in [7, 11) is 3.27. The van der Waals surface area contributed by atoms with Gasteiger partial charge >= 0.3 is 5.97 Å². The highest BCUT2D eigenvalue weighted by atomic mass is 16.6. The van der Waals surface area contributed by atoms with Crippen LogP contribution in [-0.2, 0) is 68.9 Å². The van der Waals surface area contributed by atoms with E-state index in [1.807, 2.05) is 57.4 Å². The maximum Gasteiger partial charge on any atom is 0.338 e. The summed E-state index contributed by atoms with van der Waals surface area (Å²) in [6.45, 7) is 12.5. The minimum atomic E-state index is -0.686. The van der Waals surface area contributed by atoms with Crippen molar-refractivity contribution in [2.75, 3.05) is 93.5 Å². The van der Waals surface area contributed by atoms with Crippen LogP contribution in [0.2, 0.25) is 0 Å². The molecule has 17 heteroatoms. The number of carbonyl (C=O) groups excluding carboxylic acids is 1. The van der Waals surface area contributed by atoms with Crippen molar-refractivity contribution in [2.45, 2.75) is 52.7 Å². The van der Waals surface area contributed by atoms with Gasteiger partial charge < -0.3 is 42.6 Å². The first-order valence-corrected chi connectivity index (χ1v) is 18.3. The first-order chi connectivity index (χ1) is 26.8. The van der Waals surface area contributed by atoms with Crippen LogP contribution in [0, 0.1) is 0 Å².